The molecular weight excluding hydrogens is 459 g/mol. The summed E-state index contributed by atoms with van der Waals surface area (Å²) in [5.74, 6) is 0.271. The summed E-state index contributed by atoms with van der Waals surface area (Å²) in [5.41, 5.74) is 1.30. The number of sulfone groups is 1. The lowest BCUT2D eigenvalue weighted by atomic mass is 9.83. The average molecular weight is 489 g/mol. The van der Waals surface area contributed by atoms with E-state index in [1.165, 1.54) is 11.5 Å². The maximum absolute atomic E-state index is 13.4. The van der Waals surface area contributed by atoms with Gasteiger partial charge in [0.2, 0.25) is 6.36 Å². The van der Waals surface area contributed by atoms with Crippen LogP contribution in [0.2, 0.25) is 0 Å². The van der Waals surface area contributed by atoms with Crippen LogP contribution in [-0.2, 0) is 9.84 Å². The zero-order valence-corrected chi connectivity index (χ0v) is 20.6. The van der Waals surface area contributed by atoms with Gasteiger partial charge < -0.3 is 4.74 Å². The van der Waals surface area contributed by atoms with Gasteiger partial charge in [0.05, 0.1) is 28.2 Å². The van der Waals surface area contributed by atoms with Gasteiger partial charge in [-0.1, -0.05) is 13.0 Å². The number of carbonyl (C=O) groups is 1. The Morgan fingerprint density at radius 2 is 1.88 bits per heavy atom. The van der Waals surface area contributed by atoms with Crippen LogP contribution in [0.25, 0.3) is 16.7 Å². The zero-order valence-electron chi connectivity index (χ0n) is 19.7. The maximum Gasteiger partial charge on any atom is 0.333 e. The molecule has 0 amide bonds. The maximum atomic E-state index is 13.4. The van der Waals surface area contributed by atoms with Gasteiger partial charge in [-0.05, 0) is 56.0 Å². The number of ketones is 1. The predicted octanol–water partition coefficient (Wildman–Crippen LogP) is 4.47. The molecule has 3 aromatic rings. The summed E-state index contributed by atoms with van der Waals surface area (Å²) >= 11 is 0. The van der Waals surface area contributed by atoms with Crippen LogP contribution in [0.15, 0.2) is 47.3 Å². The van der Waals surface area contributed by atoms with Crippen molar-refractivity contribution in [1.29, 1.82) is 0 Å². The third-order valence-corrected chi connectivity index (χ3v) is 8.22. The minimum atomic E-state index is -3.11. The molecule has 1 unspecified atom stereocenters. The van der Waals surface area contributed by atoms with E-state index in [0.717, 1.165) is 0 Å². The number of benzene rings is 2. The number of hydrogen-bond acceptors (Lipinski definition) is 5. The van der Waals surface area contributed by atoms with Crippen molar-refractivity contribution in [1.82, 2.24) is 9.13 Å². The summed E-state index contributed by atoms with van der Waals surface area (Å²) in [5, 5.41) is 0. The number of Topliss-reactive ketones (excluding diaryl/α,β-unsaturated/α-hetero) is 1. The molecule has 9 heteroatoms. The SMILES string of the molecule is CC(F)Oc1cccc(-n2c(=O)n(C(C)C)c3cc(C(=O)C[C@@]4(C)CCS(=O)(=O)C4)ccc32)c1. The highest BCUT2D eigenvalue weighted by Crippen LogP contribution is 2.36. The van der Waals surface area contributed by atoms with E-state index in [-0.39, 0.29) is 35.4 Å². The van der Waals surface area contributed by atoms with Crippen molar-refractivity contribution in [3.63, 3.8) is 0 Å². The first-order valence-electron chi connectivity index (χ1n) is 11.3. The second kappa shape index (κ2) is 8.69. The molecule has 0 bridgehead atoms. The first-order chi connectivity index (χ1) is 15.9. The molecule has 0 N–H and O–H groups in total. The topological polar surface area (TPSA) is 87.4 Å². The van der Waals surface area contributed by atoms with Crippen molar-refractivity contribution in [2.75, 3.05) is 11.5 Å². The van der Waals surface area contributed by atoms with Crippen molar-refractivity contribution in [2.45, 2.75) is 52.9 Å². The van der Waals surface area contributed by atoms with E-state index < -0.39 is 21.6 Å². The molecule has 0 spiro atoms. The number of halogens is 1. The summed E-state index contributed by atoms with van der Waals surface area (Å²) < 4.78 is 45.5. The Labute approximate surface area is 198 Å². The average Bonchev–Trinajstić information content (AvgIpc) is 3.18. The quantitative estimate of drug-likeness (QED) is 0.458. The zero-order chi connectivity index (χ0) is 24.8. The minimum absolute atomic E-state index is 0.0109. The Morgan fingerprint density at radius 3 is 2.50 bits per heavy atom. The highest BCUT2D eigenvalue weighted by Gasteiger charge is 2.40. The minimum Gasteiger partial charge on any atom is -0.461 e. The normalized spacial score (nSPS) is 20.6. The smallest absolute Gasteiger partial charge is 0.333 e. The Balaban J connectivity index is 1.77. The van der Waals surface area contributed by atoms with E-state index in [4.69, 9.17) is 4.74 Å². The predicted molar refractivity (Wildman–Crippen MR) is 129 cm³/mol. The van der Waals surface area contributed by atoms with Crippen LogP contribution in [0.1, 0.15) is 56.9 Å². The fourth-order valence-electron chi connectivity index (χ4n) is 4.73. The lowest BCUT2D eigenvalue weighted by molar-refractivity contribution is 0.0860. The monoisotopic (exact) mass is 488 g/mol. The standard InChI is InChI=1S/C25H29FN2O5S/c1-16(2)27-22-12-18(23(29)14-25(4)10-11-34(31,32)15-25)8-9-21(22)28(24(27)30)19-6-5-7-20(13-19)33-17(3)26/h5-9,12-13,16-17H,10-11,14-15H2,1-4H3/t17?,25-/m1/s1. The van der Waals surface area contributed by atoms with Crippen molar-refractivity contribution in [2.24, 2.45) is 5.41 Å². The molecule has 4 rings (SSSR count). The van der Waals surface area contributed by atoms with Gasteiger partial charge in [0.1, 0.15) is 5.75 Å². The van der Waals surface area contributed by atoms with Crippen LogP contribution >= 0.6 is 0 Å². The van der Waals surface area contributed by atoms with Gasteiger partial charge in [-0.15, -0.1) is 0 Å². The lowest BCUT2D eigenvalue weighted by Crippen LogP contribution is -2.24. The molecule has 0 saturated carbocycles. The number of carbonyl (C=O) groups excluding carboxylic acids is 1. The molecule has 2 atom stereocenters. The van der Waals surface area contributed by atoms with Gasteiger partial charge in [-0.2, -0.15) is 0 Å². The van der Waals surface area contributed by atoms with Gasteiger partial charge in [0, 0.05) is 31.0 Å². The second-order valence-electron chi connectivity index (χ2n) is 9.70. The Bertz CT molecular complexity index is 1420. The summed E-state index contributed by atoms with van der Waals surface area (Å²) in [6, 6.07) is 11.6. The summed E-state index contributed by atoms with van der Waals surface area (Å²) in [6.45, 7) is 6.88. The van der Waals surface area contributed by atoms with Crippen LogP contribution in [-0.4, -0.2) is 41.2 Å². The summed E-state index contributed by atoms with van der Waals surface area (Å²) in [6.07, 6.45) is -0.897. The number of hydrogen-bond donors (Lipinski definition) is 0. The van der Waals surface area contributed by atoms with Gasteiger partial charge >= 0.3 is 5.69 Å². The number of imidazole rings is 1. The first-order valence-corrected chi connectivity index (χ1v) is 13.1. The fraction of sp³-hybridized carbons (Fsp3) is 0.440. The molecule has 34 heavy (non-hydrogen) atoms. The van der Waals surface area contributed by atoms with Gasteiger partial charge in [0.15, 0.2) is 15.6 Å². The van der Waals surface area contributed by atoms with Gasteiger partial charge in [-0.3, -0.25) is 13.9 Å². The number of alkyl halides is 1. The van der Waals surface area contributed by atoms with Gasteiger partial charge in [-0.25, -0.2) is 17.6 Å². The Morgan fingerprint density at radius 1 is 1.15 bits per heavy atom. The molecule has 1 saturated heterocycles. The van der Waals surface area contributed by atoms with E-state index in [2.05, 4.69) is 0 Å². The molecule has 1 aromatic heterocycles. The molecule has 1 aliphatic rings. The van der Waals surface area contributed by atoms with Crippen molar-refractivity contribution in [3.8, 4) is 11.4 Å². The van der Waals surface area contributed by atoms with Gasteiger partial charge in [0.25, 0.3) is 0 Å². The largest absolute Gasteiger partial charge is 0.461 e. The summed E-state index contributed by atoms with van der Waals surface area (Å²) in [4.78, 5) is 26.5. The van der Waals surface area contributed by atoms with E-state index in [1.54, 1.807) is 47.0 Å². The molecule has 1 fully saturated rings. The van der Waals surface area contributed by atoms with Crippen LogP contribution in [0, 0.1) is 5.41 Å². The molecule has 1 aliphatic heterocycles. The summed E-state index contributed by atoms with van der Waals surface area (Å²) in [7, 11) is -3.11. The molecular formula is C25H29FN2O5S. The molecule has 2 heterocycles. The third-order valence-electron chi connectivity index (χ3n) is 6.26. The van der Waals surface area contributed by atoms with E-state index in [9.17, 15) is 22.4 Å². The highest BCUT2D eigenvalue weighted by molar-refractivity contribution is 7.91. The molecule has 7 nitrogen and oxygen atoms in total. The molecule has 0 radical (unpaired) electrons. The van der Waals surface area contributed by atoms with Crippen molar-refractivity contribution < 1.29 is 22.3 Å². The van der Waals surface area contributed by atoms with Crippen LogP contribution in [0.5, 0.6) is 5.75 Å². The van der Waals surface area contributed by atoms with Crippen molar-refractivity contribution in [3.05, 3.63) is 58.5 Å². The Hall–Kier alpha value is -2.94. The van der Waals surface area contributed by atoms with E-state index >= 15 is 0 Å². The number of rotatable bonds is 7. The first kappa shape index (κ1) is 24.2. The molecule has 182 valence electrons. The lowest BCUT2D eigenvalue weighted by Gasteiger charge is -2.20. The second-order valence-corrected chi connectivity index (χ2v) is 11.9. The third kappa shape index (κ3) is 4.66. The van der Waals surface area contributed by atoms with E-state index in [1.807, 2.05) is 20.8 Å². The number of fused-ring (bicyclic) bond motifs is 1. The highest BCUT2D eigenvalue weighted by atomic mass is 32.2. The van der Waals surface area contributed by atoms with Crippen molar-refractivity contribution >= 4 is 26.7 Å². The van der Waals surface area contributed by atoms with Crippen LogP contribution in [0.3, 0.4) is 0 Å². The number of aromatic nitrogens is 2. The van der Waals surface area contributed by atoms with Crippen LogP contribution < -0.4 is 10.4 Å². The van der Waals surface area contributed by atoms with E-state index in [0.29, 0.717) is 34.5 Å². The number of nitrogens with zero attached hydrogens (tertiary/aromatic N) is 2. The Kier molecular flexibility index (Phi) is 6.18. The fourth-order valence-corrected chi connectivity index (χ4v) is 6.99. The van der Waals surface area contributed by atoms with Crippen LogP contribution in [0.4, 0.5) is 4.39 Å². The molecule has 0 aliphatic carbocycles. The molecule has 2 aromatic carbocycles. The number of ether oxygens (including phenoxy) is 1.